The molecule has 1 aliphatic rings. The van der Waals surface area contributed by atoms with Crippen LogP contribution in [0.3, 0.4) is 0 Å². The summed E-state index contributed by atoms with van der Waals surface area (Å²) < 4.78 is 40.7. The Kier molecular flexibility index (Phi) is 9.66. The van der Waals surface area contributed by atoms with Gasteiger partial charge in [0.25, 0.3) is 5.91 Å². The van der Waals surface area contributed by atoms with Gasteiger partial charge in [-0.25, -0.2) is 0 Å². The van der Waals surface area contributed by atoms with Crippen molar-refractivity contribution in [3.63, 3.8) is 0 Å². The number of halogens is 4. The van der Waals surface area contributed by atoms with E-state index < -0.39 is 23.6 Å². The first-order valence-electron chi connectivity index (χ1n) is 11.0. The van der Waals surface area contributed by atoms with E-state index in [-0.39, 0.29) is 35.6 Å². The summed E-state index contributed by atoms with van der Waals surface area (Å²) in [6, 6.07) is 3.08. The van der Waals surface area contributed by atoms with Crippen molar-refractivity contribution >= 4 is 29.1 Å². The van der Waals surface area contributed by atoms with E-state index in [9.17, 15) is 22.8 Å². The van der Waals surface area contributed by atoms with Crippen LogP contribution in [0.4, 0.5) is 18.9 Å². The predicted molar refractivity (Wildman–Crippen MR) is 118 cm³/mol. The van der Waals surface area contributed by atoms with Gasteiger partial charge in [0.15, 0.2) is 0 Å². The summed E-state index contributed by atoms with van der Waals surface area (Å²) in [5.74, 6) is -1.13. The van der Waals surface area contributed by atoms with E-state index in [1.54, 1.807) is 0 Å². The van der Waals surface area contributed by atoms with Crippen LogP contribution in [0.2, 0.25) is 0 Å². The van der Waals surface area contributed by atoms with Crippen LogP contribution in [0.5, 0.6) is 0 Å². The van der Waals surface area contributed by atoms with Crippen LogP contribution >= 0.6 is 11.6 Å². The number of carbonyl (C=O) groups is 2. The highest BCUT2D eigenvalue weighted by atomic mass is 35.5. The maximum atomic E-state index is 13.6. The normalized spacial score (nSPS) is 16.0. The Morgan fingerprint density at radius 3 is 2.26 bits per heavy atom. The number of nitrogens with zero attached hydrogens (tertiary/aromatic N) is 1. The Bertz CT molecular complexity index is 745. The first-order chi connectivity index (χ1) is 14.6. The Morgan fingerprint density at radius 2 is 1.71 bits per heavy atom. The van der Waals surface area contributed by atoms with Gasteiger partial charge in [-0.2, -0.15) is 13.2 Å². The van der Waals surface area contributed by atoms with E-state index >= 15 is 0 Å². The molecule has 31 heavy (non-hydrogen) atoms. The smallest absolute Gasteiger partial charge is 0.349 e. The molecule has 0 radical (unpaired) electrons. The van der Waals surface area contributed by atoms with E-state index in [1.165, 1.54) is 17.4 Å². The van der Waals surface area contributed by atoms with Gasteiger partial charge in [0, 0.05) is 23.8 Å². The maximum absolute atomic E-state index is 13.6. The Morgan fingerprint density at radius 1 is 1.10 bits per heavy atom. The molecule has 1 aliphatic carbocycles. The molecule has 0 heterocycles. The number of benzene rings is 1. The molecule has 1 aromatic rings. The highest BCUT2D eigenvalue weighted by Gasteiger charge is 2.33. The SMILES string of the molecule is CC(C)CCN(C(=O)CCl)c1cc(C(=O)NC2CCCCCCC2)cc(C(F)(F)F)c1. The molecule has 1 fully saturated rings. The summed E-state index contributed by atoms with van der Waals surface area (Å²) >= 11 is 5.71. The summed E-state index contributed by atoms with van der Waals surface area (Å²) in [6.07, 6.45) is 2.97. The van der Waals surface area contributed by atoms with Gasteiger partial charge in [0.1, 0.15) is 5.88 Å². The highest BCUT2D eigenvalue weighted by molar-refractivity contribution is 6.29. The zero-order chi connectivity index (χ0) is 23.0. The van der Waals surface area contributed by atoms with E-state index in [0.717, 1.165) is 50.7 Å². The highest BCUT2D eigenvalue weighted by Crippen LogP contribution is 2.33. The first-order valence-corrected chi connectivity index (χ1v) is 11.5. The third-order valence-electron chi connectivity index (χ3n) is 5.60. The fourth-order valence-corrected chi connectivity index (χ4v) is 3.93. The lowest BCUT2D eigenvalue weighted by molar-refractivity contribution is -0.137. The Labute approximate surface area is 187 Å². The fourth-order valence-electron chi connectivity index (χ4n) is 3.79. The molecule has 174 valence electrons. The number of nitrogens with one attached hydrogen (secondary N) is 1. The number of carbonyl (C=O) groups excluding carboxylic acids is 2. The summed E-state index contributed by atoms with van der Waals surface area (Å²) in [4.78, 5) is 26.5. The molecule has 1 N–H and O–H groups in total. The predicted octanol–water partition coefficient (Wildman–Crippen LogP) is 6.17. The van der Waals surface area contributed by atoms with Crippen LogP contribution in [0.1, 0.15) is 81.1 Å². The fraction of sp³-hybridized carbons (Fsp3) is 0.652. The Hall–Kier alpha value is -1.76. The molecule has 0 atom stereocenters. The zero-order valence-electron chi connectivity index (χ0n) is 18.2. The quantitative estimate of drug-likeness (QED) is 0.495. The second-order valence-electron chi connectivity index (χ2n) is 8.64. The second kappa shape index (κ2) is 11.7. The molecule has 0 unspecified atom stereocenters. The van der Waals surface area contributed by atoms with Gasteiger partial charge >= 0.3 is 6.18 Å². The lowest BCUT2D eigenvalue weighted by Crippen LogP contribution is -2.36. The van der Waals surface area contributed by atoms with Gasteiger partial charge in [-0.1, -0.05) is 46.0 Å². The molecule has 0 aliphatic heterocycles. The number of hydrogen-bond acceptors (Lipinski definition) is 2. The zero-order valence-corrected chi connectivity index (χ0v) is 19.0. The first kappa shape index (κ1) is 25.5. The monoisotopic (exact) mass is 460 g/mol. The average molecular weight is 461 g/mol. The molecule has 0 spiro atoms. The largest absolute Gasteiger partial charge is 0.416 e. The van der Waals surface area contributed by atoms with Crippen molar-refractivity contribution in [3.05, 3.63) is 29.3 Å². The van der Waals surface area contributed by atoms with Crippen molar-refractivity contribution in [1.29, 1.82) is 0 Å². The molecule has 2 amide bonds. The lowest BCUT2D eigenvalue weighted by atomic mass is 9.96. The van der Waals surface area contributed by atoms with Gasteiger partial charge in [0.05, 0.1) is 5.56 Å². The van der Waals surface area contributed by atoms with Crippen LogP contribution in [-0.4, -0.2) is 30.3 Å². The van der Waals surface area contributed by atoms with Crippen molar-refractivity contribution in [1.82, 2.24) is 5.32 Å². The maximum Gasteiger partial charge on any atom is 0.416 e. The van der Waals surface area contributed by atoms with Crippen molar-refractivity contribution in [2.24, 2.45) is 5.92 Å². The van der Waals surface area contributed by atoms with Crippen LogP contribution in [0, 0.1) is 5.92 Å². The number of anilines is 1. The minimum absolute atomic E-state index is 0.0453. The van der Waals surface area contributed by atoms with Gasteiger partial charge in [-0.15, -0.1) is 11.6 Å². The Balaban J connectivity index is 2.35. The van der Waals surface area contributed by atoms with Gasteiger partial charge in [-0.05, 0) is 43.4 Å². The van der Waals surface area contributed by atoms with Gasteiger partial charge in [0.2, 0.25) is 5.91 Å². The van der Waals surface area contributed by atoms with Crippen LogP contribution in [0.15, 0.2) is 18.2 Å². The summed E-state index contributed by atoms with van der Waals surface area (Å²) in [6.45, 7) is 4.15. The van der Waals surface area contributed by atoms with E-state index in [1.807, 2.05) is 13.8 Å². The molecule has 8 heteroatoms. The summed E-state index contributed by atoms with van der Waals surface area (Å²) in [7, 11) is 0. The molecule has 4 nitrogen and oxygen atoms in total. The molecule has 1 saturated carbocycles. The molecular weight excluding hydrogens is 429 g/mol. The summed E-state index contributed by atoms with van der Waals surface area (Å²) in [5.41, 5.74) is -1.00. The third-order valence-corrected chi connectivity index (χ3v) is 5.83. The van der Waals surface area contributed by atoms with Crippen LogP contribution in [0.25, 0.3) is 0 Å². The molecule has 1 aromatic carbocycles. The average Bonchev–Trinajstić information content (AvgIpc) is 2.68. The van der Waals surface area contributed by atoms with Crippen molar-refractivity contribution in [2.45, 2.75) is 77.4 Å². The summed E-state index contributed by atoms with van der Waals surface area (Å²) in [5, 5.41) is 2.91. The number of hydrogen-bond donors (Lipinski definition) is 1. The van der Waals surface area contributed by atoms with E-state index in [0.29, 0.717) is 6.42 Å². The van der Waals surface area contributed by atoms with Crippen molar-refractivity contribution in [3.8, 4) is 0 Å². The van der Waals surface area contributed by atoms with Crippen molar-refractivity contribution in [2.75, 3.05) is 17.3 Å². The molecule has 0 bridgehead atoms. The van der Waals surface area contributed by atoms with Crippen LogP contribution < -0.4 is 10.2 Å². The third kappa shape index (κ3) is 8.02. The minimum atomic E-state index is -4.64. The molecule has 0 saturated heterocycles. The standard InChI is InChI=1S/C23H32ClF3N2O2/c1-16(2)10-11-29(21(30)15-24)20-13-17(12-18(14-20)23(25,26)27)22(31)28-19-8-6-4-3-5-7-9-19/h12-14,16,19H,3-11,15H2,1-2H3,(H,28,31). The molecule has 2 rings (SSSR count). The van der Waals surface area contributed by atoms with Gasteiger partial charge in [-0.3, -0.25) is 9.59 Å². The number of amides is 2. The van der Waals surface area contributed by atoms with E-state index in [4.69, 9.17) is 11.6 Å². The second-order valence-corrected chi connectivity index (χ2v) is 8.91. The molecule has 0 aromatic heterocycles. The minimum Gasteiger partial charge on any atom is -0.349 e. The number of alkyl halides is 4. The molecular formula is C23H32ClF3N2O2. The van der Waals surface area contributed by atoms with Gasteiger partial charge < -0.3 is 10.2 Å². The van der Waals surface area contributed by atoms with E-state index in [2.05, 4.69) is 5.32 Å². The number of rotatable bonds is 7. The van der Waals surface area contributed by atoms with Crippen LogP contribution in [-0.2, 0) is 11.0 Å². The lowest BCUT2D eigenvalue weighted by Gasteiger charge is -2.25. The van der Waals surface area contributed by atoms with Crippen molar-refractivity contribution < 1.29 is 22.8 Å². The topological polar surface area (TPSA) is 49.4 Å².